The molecule has 1 unspecified atom stereocenters. The summed E-state index contributed by atoms with van der Waals surface area (Å²) in [6.45, 7) is 0.556. The lowest BCUT2D eigenvalue weighted by Crippen LogP contribution is -2.70. The monoisotopic (exact) mass is 615 g/mol. The second kappa shape index (κ2) is 12.9. The molecule has 2 amide bonds. The Hall–Kier alpha value is -1.93. The predicted molar refractivity (Wildman–Crippen MR) is 149 cm³/mol. The summed E-state index contributed by atoms with van der Waals surface area (Å²) in [4.78, 5) is 40.4. The molecule has 1 aromatic carbocycles. The molecule has 0 aliphatic carbocycles. The van der Waals surface area contributed by atoms with E-state index in [1.165, 1.54) is 40.2 Å². The first-order chi connectivity index (χ1) is 18.2. The van der Waals surface area contributed by atoms with E-state index < -0.39 is 29.4 Å². The number of nitrogens with two attached hydrogens (primary N) is 1. The second-order valence-electron chi connectivity index (χ2n) is 8.48. The lowest BCUT2D eigenvalue weighted by Gasteiger charge is -2.49. The van der Waals surface area contributed by atoms with Gasteiger partial charge < -0.3 is 21.3 Å². The number of hydrogen-bond acceptors (Lipinski definition) is 8. The summed E-state index contributed by atoms with van der Waals surface area (Å²) in [6, 6.07) is 7.93. The second-order valence-corrected chi connectivity index (χ2v) is 12.5. The summed E-state index contributed by atoms with van der Waals surface area (Å²) in [7, 11) is 0. The van der Waals surface area contributed by atoms with Crippen LogP contribution in [-0.2, 0) is 20.9 Å². The average molecular weight is 617 g/mol. The molecule has 1 saturated heterocycles. The Morgan fingerprint density at radius 2 is 1.97 bits per heavy atom. The highest BCUT2D eigenvalue weighted by Crippen LogP contribution is 2.41. The van der Waals surface area contributed by atoms with Gasteiger partial charge >= 0.3 is 5.97 Å². The van der Waals surface area contributed by atoms with Crippen LogP contribution in [0.25, 0.3) is 0 Å². The van der Waals surface area contributed by atoms with Gasteiger partial charge in [-0.3, -0.25) is 14.5 Å². The number of carbonyl (C=O) groups excluding carboxylic acids is 2. The Kier molecular flexibility index (Phi) is 9.90. The van der Waals surface area contributed by atoms with Gasteiger partial charge in [0, 0.05) is 45.0 Å². The SMILES string of the molecule is NCC(O)C[n+]1ccc(SCC2=C(C(=O)O)N3C(=O)[C@@H](NC(=O)CSc4cc(Cl)ccc4Cl)[C@H]3SC2)cc1. The van der Waals surface area contributed by atoms with Crippen LogP contribution in [0.2, 0.25) is 10.0 Å². The molecule has 3 atom stereocenters. The first-order valence-electron chi connectivity index (χ1n) is 11.4. The minimum Gasteiger partial charge on any atom is -0.477 e. The van der Waals surface area contributed by atoms with Gasteiger partial charge in [0.15, 0.2) is 18.9 Å². The molecule has 202 valence electrons. The number of halogens is 2. The number of nitrogens with one attached hydrogen (secondary N) is 1. The summed E-state index contributed by atoms with van der Waals surface area (Å²) in [5.41, 5.74) is 6.07. The quantitative estimate of drug-likeness (QED) is 0.170. The Bertz CT molecular complexity index is 1260. The highest BCUT2D eigenvalue weighted by atomic mass is 35.5. The number of rotatable bonds is 11. The van der Waals surface area contributed by atoms with E-state index in [-0.39, 0.29) is 23.9 Å². The number of benzene rings is 1. The number of carboxylic acids is 1. The van der Waals surface area contributed by atoms with Crippen molar-refractivity contribution >= 4 is 76.3 Å². The van der Waals surface area contributed by atoms with E-state index in [1.807, 2.05) is 29.1 Å². The van der Waals surface area contributed by atoms with Crippen molar-refractivity contribution in [2.24, 2.45) is 5.73 Å². The summed E-state index contributed by atoms with van der Waals surface area (Å²) in [6.07, 6.45) is 3.02. The number of aliphatic hydroxyl groups excluding tert-OH is 1. The van der Waals surface area contributed by atoms with Gasteiger partial charge in [-0.05, 0) is 23.8 Å². The number of aliphatic carboxylic acids is 1. The molecule has 0 bridgehead atoms. The van der Waals surface area contributed by atoms with Gasteiger partial charge in [0.1, 0.15) is 23.2 Å². The molecule has 1 aromatic heterocycles. The van der Waals surface area contributed by atoms with Crippen LogP contribution < -0.4 is 15.6 Å². The van der Waals surface area contributed by atoms with Gasteiger partial charge in [0.25, 0.3) is 5.91 Å². The molecule has 0 saturated carbocycles. The molecule has 2 aliphatic heterocycles. The Morgan fingerprint density at radius 3 is 2.66 bits per heavy atom. The van der Waals surface area contributed by atoms with Crippen LogP contribution in [0.15, 0.2) is 63.8 Å². The molecule has 2 aromatic rings. The van der Waals surface area contributed by atoms with Crippen LogP contribution in [0.4, 0.5) is 0 Å². The van der Waals surface area contributed by atoms with Crippen LogP contribution in [0.1, 0.15) is 0 Å². The molecular formula is C24H25Cl2N4O5S3+. The van der Waals surface area contributed by atoms with Crippen molar-refractivity contribution in [2.75, 3.05) is 23.8 Å². The summed E-state index contributed by atoms with van der Waals surface area (Å²) >= 11 is 16.2. The summed E-state index contributed by atoms with van der Waals surface area (Å²) in [5, 5.41) is 22.8. The van der Waals surface area contributed by atoms with Gasteiger partial charge in [-0.1, -0.05) is 23.2 Å². The molecule has 9 nitrogen and oxygen atoms in total. The Morgan fingerprint density at radius 1 is 1.24 bits per heavy atom. The van der Waals surface area contributed by atoms with E-state index in [2.05, 4.69) is 5.32 Å². The highest BCUT2D eigenvalue weighted by Gasteiger charge is 2.54. The van der Waals surface area contributed by atoms with Crippen LogP contribution >= 0.6 is 58.5 Å². The fourth-order valence-electron chi connectivity index (χ4n) is 3.89. The zero-order chi connectivity index (χ0) is 27.4. The molecule has 0 radical (unpaired) electrons. The topological polar surface area (TPSA) is 137 Å². The maximum Gasteiger partial charge on any atom is 0.352 e. The van der Waals surface area contributed by atoms with E-state index in [0.717, 1.165) is 4.90 Å². The van der Waals surface area contributed by atoms with Crippen molar-refractivity contribution in [2.45, 2.75) is 33.9 Å². The van der Waals surface area contributed by atoms with E-state index in [1.54, 1.807) is 18.2 Å². The highest BCUT2D eigenvalue weighted by molar-refractivity contribution is 8.01. The first-order valence-corrected chi connectivity index (χ1v) is 15.2. The predicted octanol–water partition coefficient (Wildman–Crippen LogP) is 2.22. The number of fused-ring (bicyclic) bond motifs is 1. The van der Waals surface area contributed by atoms with Gasteiger partial charge in [0.05, 0.1) is 10.8 Å². The van der Waals surface area contributed by atoms with Crippen molar-refractivity contribution < 1.29 is 29.2 Å². The van der Waals surface area contributed by atoms with Crippen molar-refractivity contribution in [3.63, 3.8) is 0 Å². The van der Waals surface area contributed by atoms with Crippen LogP contribution in [0, 0.1) is 0 Å². The van der Waals surface area contributed by atoms with Crippen LogP contribution in [0.5, 0.6) is 0 Å². The first kappa shape index (κ1) is 29.1. The number of carboxylic acid groups (broad SMARTS) is 1. The Balaban J connectivity index is 1.35. The third kappa shape index (κ3) is 6.79. The molecule has 2 aliphatic rings. The lowest BCUT2D eigenvalue weighted by atomic mass is 10.0. The van der Waals surface area contributed by atoms with Gasteiger partial charge in [-0.25, -0.2) is 9.36 Å². The van der Waals surface area contributed by atoms with E-state index in [4.69, 9.17) is 28.9 Å². The summed E-state index contributed by atoms with van der Waals surface area (Å²) in [5.74, 6) is -1.11. The fourth-order valence-corrected chi connectivity index (χ4v) is 7.56. The lowest BCUT2D eigenvalue weighted by molar-refractivity contribution is -0.703. The fraction of sp³-hybridized carbons (Fsp3) is 0.333. The van der Waals surface area contributed by atoms with E-state index in [9.17, 15) is 24.6 Å². The molecule has 1 fully saturated rings. The molecule has 14 heteroatoms. The van der Waals surface area contributed by atoms with Gasteiger partial charge in [-0.2, -0.15) is 0 Å². The molecule has 4 rings (SSSR count). The number of amides is 2. The maximum atomic E-state index is 12.9. The van der Waals surface area contributed by atoms with Crippen molar-refractivity contribution in [3.05, 3.63) is 64.0 Å². The van der Waals surface area contributed by atoms with Gasteiger partial charge in [0.2, 0.25) is 5.91 Å². The normalized spacial score (nSPS) is 19.6. The number of nitrogens with zero attached hydrogens (tertiary/aromatic N) is 2. The number of β-lactam (4-membered cyclic amide) rings is 1. The van der Waals surface area contributed by atoms with Crippen LogP contribution in [0.3, 0.4) is 0 Å². The third-order valence-electron chi connectivity index (χ3n) is 5.79. The smallest absolute Gasteiger partial charge is 0.352 e. The zero-order valence-corrected chi connectivity index (χ0v) is 23.8. The standard InChI is InChI=1S/C24H24Cl2N4O5S3/c25-14-1-2-17(26)18(7-14)37-12-19(32)28-20-22(33)30-21(24(34)35)13(11-38-23(20)30)10-36-16-3-5-29(6-4-16)9-15(31)8-27/h1-7,15,20,23,31H,8-12,27H2,(H-,28,32,34,35)/p+1/t15?,20-,23-/m1/s1. The minimum absolute atomic E-state index is 0.0195. The van der Waals surface area contributed by atoms with E-state index in [0.29, 0.717) is 38.6 Å². The number of pyridine rings is 1. The summed E-state index contributed by atoms with van der Waals surface area (Å²) < 4.78 is 1.82. The molecule has 5 N–H and O–H groups in total. The molecule has 3 heterocycles. The van der Waals surface area contributed by atoms with Gasteiger partial charge in [-0.15, -0.1) is 35.3 Å². The maximum absolute atomic E-state index is 12.9. The number of aliphatic hydroxyl groups is 1. The number of carbonyl (C=O) groups is 3. The minimum atomic E-state index is -1.17. The van der Waals surface area contributed by atoms with Crippen molar-refractivity contribution in [3.8, 4) is 0 Å². The number of aromatic nitrogens is 1. The zero-order valence-electron chi connectivity index (χ0n) is 19.9. The largest absolute Gasteiger partial charge is 0.477 e. The van der Waals surface area contributed by atoms with E-state index >= 15 is 0 Å². The average Bonchev–Trinajstić information content (AvgIpc) is 2.90. The van der Waals surface area contributed by atoms with Crippen LogP contribution in [-0.4, -0.2) is 74.2 Å². The van der Waals surface area contributed by atoms with Crippen molar-refractivity contribution in [1.29, 1.82) is 0 Å². The van der Waals surface area contributed by atoms with Crippen molar-refractivity contribution in [1.82, 2.24) is 10.2 Å². The Labute approximate surface area is 242 Å². The number of thioether (sulfide) groups is 3. The third-order valence-corrected chi connectivity index (χ3v) is 9.96. The molecular weight excluding hydrogens is 591 g/mol. The molecule has 38 heavy (non-hydrogen) atoms. The number of hydrogen-bond donors (Lipinski definition) is 4. The molecule has 0 spiro atoms.